The van der Waals surface area contributed by atoms with Gasteiger partial charge in [0.2, 0.25) is 0 Å². The van der Waals surface area contributed by atoms with Crippen molar-refractivity contribution in [1.82, 2.24) is 4.98 Å². The predicted octanol–water partition coefficient (Wildman–Crippen LogP) is 3.08. The molecule has 1 aromatic heterocycles. The highest BCUT2D eigenvalue weighted by Crippen LogP contribution is 2.29. The summed E-state index contributed by atoms with van der Waals surface area (Å²) in [6, 6.07) is 7.25. The van der Waals surface area contributed by atoms with E-state index in [9.17, 15) is 13.2 Å². The zero-order chi connectivity index (χ0) is 14.8. The van der Waals surface area contributed by atoms with Crippen LogP contribution in [-0.2, 0) is 6.54 Å². The topological polar surface area (TPSA) is 42.2 Å². The summed E-state index contributed by atoms with van der Waals surface area (Å²) in [5.74, 6) is 0.345. The number of hydrogen-bond acceptors (Lipinski definition) is 3. The third-order valence-corrected chi connectivity index (χ3v) is 3.13. The van der Waals surface area contributed by atoms with Gasteiger partial charge in [-0.05, 0) is 17.9 Å². The van der Waals surface area contributed by atoms with E-state index in [-0.39, 0.29) is 6.54 Å². The Hall–Kier alpha value is -1.82. The van der Waals surface area contributed by atoms with Crippen molar-refractivity contribution >= 4 is 16.6 Å². The molecule has 0 radical (unpaired) electrons. The van der Waals surface area contributed by atoms with Crippen LogP contribution in [0.4, 0.5) is 19.0 Å². The van der Waals surface area contributed by atoms with Gasteiger partial charge in [0.1, 0.15) is 12.4 Å². The Bertz CT molecular complexity index is 596. The Kier molecular flexibility index (Phi) is 4.13. The lowest BCUT2D eigenvalue weighted by Crippen LogP contribution is -2.34. The van der Waals surface area contributed by atoms with Gasteiger partial charge in [-0.3, -0.25) is 0 Å². The molecule has 2 N–H and O–H groups in total. The second-order valence-electron chi connectivity index (χ2n) is 4.49. The molecule has 0 aliphatic carbocycles. The average Bonchev–Trinajstić information content (AvgIpc) is 2.42. The molecule has 108 valence electrons. The lowest BCUT2D eigenvalue weighted by atomic mass is 10.1. The third kappa shape index (κ3) is 3.01. The van der Waals surface area contributed by atoms with Crippen molar-refractivity contribution < 1.29 is 13.2 Å². The van der Waals surface area contributed by atoms with Crippen LogP contribution in [-0.4, -0.2) is 24.2 Å². The number of hydrogen-bond donors (Lipinski definition) is 1. The number of nitrogens with zero attached hydrogens (tertiary/aromatic N) is 2. The Morgan fingerprint density at radius 3 is 2.40 bits per heavy atom. The minimum atomic E-state index is -4.26. The summed E-state index contributed by atoms with van der Waals surface area (Å²) < 4.78 is 37.9. The van der Waals surface area contributed by atoms with Crippen LogP contribution in [0.25, 0.3) is 10.8 Å². The molecule has 0 unspecified atom stereocenters. The van der Waals surface area contributed by atoms with Crippen LogP contribution < -0.4 is 10.6 Å². The molecule has 0 saturated carbocycles. The van der Waals surface area contributed by atoms with Gasteiger partial charge < -0.3 is 10.6 Å². The largest absolute Gasteiger partial charge is 0.405 e. The minimum absolute atomic E-state index is 0.235. The van der Waals surface area contributed by atoms with Crippen molar-refractivity contribution in [3.8, 4) is 0 Å². The SMILES string of the molecule is CCN(CC(F)(F)F)c1ncc(CN)c2ccccc12. The van der Waals surface area contributed by atoms with Gasteiger partial charge in [-0.2, -0.15) is 13.2 Å². The number of halogens is 3. The second kappa shape index (κ2) is 5.66. The van der Waals surface area contributed by atoms with Gasteiger partial charge in [0, 0.05) is 24.7 Å². The molecule has 6 heteroatoms. The molecule has 0 spiro atoms. The first-order valence-corrected chi connectivity index (χ1v) is 6.34. The van der Waals surface area contributed by atoms with Gasteiger partial charge >= 0.3 is 6.18 Å². The van der Waals surface area contributed by atoms with Crippen molar-refractivity contribution in [2.45, 2.75) is 19.6 Å². The molecule has 0 fully saturated rings. The molecular formula is C14H16F3N3. The van der Waals surface area contributed by atoms with Crippen molar-refractivity contribution in [2.24, 2.45) is 5.73 Å². The highest BCUT2D eigenvalue weighted by Gasteiger charge is 2.31. The quantitative estimate of drug-likeness (QED) is 0.937. The van der Waals surface area contributed by atoms with Gasteiger partial charge in [0.15, 0.2) is 0 Å². The van der Waals surface area contributed by atoms with E-state index in [1.807, 2.05) is 12.1 Å². The van der Waals surface area contributed by atoms with Crippen LogP contribution in [0.1, 0.15) is 12.5 Å². The van der Waals surface area contributed by atoms with E-state index < -0.39 is 12.7 Å². The zero-order valence-electron chi connectivity index (χ0n) is 11.1. The minimum Gasteiger partial charge on any atom is -0.347 e. The molecule has 0 saturated heterocycles. The van der Waals surface area contributed by atoms with Crippen LogP contribution in [0.15, 0.2) is 30.5 Å². The number of nitrogens with two attached hydrogens (primary N) is 1. The van der Waals surface area contributed by atoms with E-state index in [1.165, 1.54) is 4.90 Å². The van der Waals surface area contributed by atoms with Gasteiger partial charge in [-0.25, -0.2) is 4.98 Å². The number of anilines is 1. The van der Waals surface area contributed by atoms with Gasteiger partial charge in [-0.1, -0.05) is 24.3 Å². The molecule has 0 aliphatic rings. The van der Waals surface area contributed by atoms with Crippen LogP contribution >= 0.6 is 0 Å². The average molecular weight is 283 g/mol. The number of aromatic nitrogens is 1. The molecular weight excluding hydrogens is 267 g/mol. The van der Waals surface area contributed by atoms with E-state index in [1.54, 1.807) is 25.3 Å². The lowest BCUT2D eigenvalue weighted by molar-refractivity contribution is -0.119. The van der Waals surface area contributed by atoms with Crippen molar-refractivity contribution in [3.05, 3.63) is 36.0 Å². The Labute approximate surface area is 115 Å². The van der Waals surface area contributed by atoms with Gasteiger partial charge in [0.05, 0.1) is 0 Å². The smallest absolute Gasteiger partial charge is 0.347 e. The Morgan fingerprint density at radius 2 is 1.85 bits per heavy atom. The standard InChI is InChI=1S/C14H16F3N3/c1-2-20(9-14(15,16)17)13-12-6-4-3-5-11(12)10(7-18)8-19-13/h3-6,8H,2,7,9,18H2,1H3. The summed E-state index contributed by atoms with van der Waals surface area (Å²) in [6.07, 6.45) is -2.71. The maximum Gasteiger partial charge on any atom is 0.405 e. The Balaban J connectivity index is 2.53. The van der Waals surface area contributed by atoms with E-state index in [0.717, 1.165) is 10.9 Å². The summed E-state index contributed by atoms with van der Waals surface area (Å²) in [7, 11) is 0. The van der Waals surface area contributed by atoms with Crippen LogP contribution in [0.3, 0.4) is 0 Å². The number of pyridine rings is 1. The molecule has 0 bridgehead atoms. The van der Waals surface area contributed by atoms with Crippen LogP contribution in [0, 0.1) is 0 Å². The highest BCUT2D eigenvalue weighted by atomic mass is 19.4. The molecule has 3 nitrogen and oxygen atoms in total. The molecule has 0 atom stereocenters. The van der Waals surface area contributed by atoms with Crippen molar-refractivity contribution in [3.63, 3.8) is 0 Å². The number of benzene rings is 1. The molecule has 0 aliphatic heterocycles. The fraction of sp³-hybridized carbons (Fsp3) is 0.357. The van der Waals surface area contributed by atoms with Crippen LogP contribution in [0.5, 0.6) is 0 Å². The summed E-state index contributed by atoms with van der Waals surface area (Å²) in [5.41, 5.74) is 6.47. The number of alkyl halides is 3. The summed E-state index contributed by atoms with van der Waals surface area (Å²) in [4.78, 5) is 5.40. The van der Waals surface area contributed by atoms with E-state index in [0.29, 0.717) is 17.7 Å². The molecule has 20 heavy (non-hydrogen) atoms. The van der Waals surface area contributed by atoms with Gasteiger partial charge in [-0.15, -0.1) is 0 Å². The van der Waals surface area contributed by atoms with E-state index in [2.05, 4.69) is 4.98 Å². The maximum absolute atomic E-state index is 12.6. The first-order valence-electron chi connectivity index (χ1n) is 6.34. The van der Waals surface area contributed by atoms with E-state index in [4.69, 9.17) is 5.73 Å². The molecule has 1 aromatic carbocycles. The fourth-order valence-electron chi connectivity index (χ4n) is 2.20. The first kappa shape index (κ1) is 14.6. The third-order valence-electron chi connectivity index (χ3n) is 3.13. The van der Waals surface area contributed by atoms with Crippen molar-refractivity contribution in [1.29, 1.82) is 0 Å². The molecule has 2 aromatic rings. The summed E-state index contributed by atoms with van der Waals surface area (Å²) in [6.45, 7) is 1.21. The van der Waals surface area contributed by atoms with Gasteiger partial charge in [0.25, 0.3) is 0 Å². The first-order chi connectivity index (χ1) is 9.46. The normalized spacial score (nSPS) is 11.8. The molecule has 1 heterocycles. The molecule has 2 rings (SSSR count). The highest BCUT2D eigenvalue weighted by molar-refractivity contribution is 5.94. The number of fused-ring (bicyclic) bond motifs is 1. The summed E-state index contributed by atoms with van der Waals surface area (Å²) >= 11 is 0. The second-order valence-corrected chi connectivity index (χ2v) is 4.49. The summed E-state index contributed by atoms with van der Waals surface area (Å²) in [5, 5.41) is 1.54. The fourth-order valence-corrected chi connectivity index (χ4v) is 2.20. The number of rotatable bonds is 4. The van der Waals surface area contributed by atoms with Crippen molar-refractivity contribution in [2.75, 3.05) is 18.0 Å². The lowest BCUT2D eigenvalue weighted by Gasteiger charge is -2.25. The maximum atomic E-state index is 12.6. The van der Waals surface area contributed by atoms with E-state index >= 15 is 0 Å². The zero-order valence-corrected chi connectivity index (χ0v) is 11.1. The molecule has 0 amide bonds. The monoisotopic (exact) mass is 283 g/mol. The van der Waals surface area contributed by atoms with Crippen LogP contribution in [0.2, 0.25) is 0 Å². The Morgan fingerprint density at radius 1 is 1.20 bits per heavy atom. The predicted molar refractivity (Wildman–Crippen MR) is 73.6 cm³/mol.